The van der Waals surface area contributed by atoms with Gasteiger partial charge in [0.1, 0.15) is 7.05 Å². The van der Waals surface area contributed by atoms with Crippen molar-refractivity contribution >= 4 is 28.6 Å². The minimum absolute atomic E-state index is 1.20. The van der Waals surface area contributed by atoms with Gasteiger partial charge < -0.3 is 4.40 Å². The molecule has 0 atom stereocenters. The van der Waals surface area contributed by atoms with E-state index in [-0.39, 0.29) is 0 Å². The number of nitrogens with zero attached hydrogens (tertiary/aromatic N) is 2. The molecule has 6 nitrogen and oxygen atoms in total. The molecule has 0 radical (unpaired) electrons. The zero-order valence-corrected chi connectivity index (χ0v) is 17.1. The third-order valence-corrected chi connectivity index (χ3v) is 4.98. The molecule has 0 amide bonds. The Balaban J connectivity index is 0.000000431. The van der Waals surface area contributed by atoms with Crippen molar-refractivity contribution in [3.63, 3.8) is 0 Å². The van der Waals surface area contributed by atoms with Crippen LogP contribution in [0.3, 0.4) is 0 Å². The Morgan fingerprint density at radius 1 is 0.862 bits per heavy atom. The van der Waals surface area contributed by atoms with Crippen molar-refractivity contribution in [1.29, 1.82) is 0 Å². The van der Waals surface area contributed by atoms with Gasteiger partial charge in [0.25, 0.3) is 0 Å². The second-order valence-corrected chi connectivity index (χ2v) is 7.42. The normalized spacial score (nSPS) is 11.8. The summed E-state index contributed by atoms with van der Waals surface area (Å²) in [5.74, 6) is 0. The second-order valence-electron chi connectivity index (χ2n) is 6.67. The summed E-state index contributed by atoms with van der Waals surface area (Å²) < 4.78 is 38.5. The molecule has 0 unspecified atom stereocenters. The molecule has 0 saturated carbocycles. The van der Waals surface area contributed by atoms with Crippen LogP contribution < -0.4 is 23.2 Å². The molecule has 7 heteroatoms. The van der Waals surface area contributed by atoms with E-state index in [1.807, 2.05) is 0 Å². The van der Waals surface area contributed by atoms with Gasteiger partial charge in [-0.1, -0.05) is 18.2 Å². The zero-order chi connectivity index (χ0) is 21.2. The van der Waals surface area contributed by atoms with Gasteiger partial charge >= 0.3 is 0 Å². The minimum Gasteiger partial charge on any atom is -0.320 e. The molecule has 4 aromatic rings. The largest absolute Gasteiger partial charge is 0.320 e. The van der Waals surface area contributed by atoms with Gasteiger partial charge in [-0.15, -0.1) is 10.2 Å². The first-order valence-corrected chi connectivity index (χ1v) is 10.1. The molecule has 0 spiro atoms. The number of rotatable bonds is 2. The molecule has 29 heavy (non-hydrogen) atoms. The lowest BCUT2D eigenvalue weighted by atomic mass is 10.1. The number of para-hydroxylation sites is 1. The maximum absolute atomic E-state index is 8.49. The number of benzene rings is 1. The van der Waals surface area contributed by atoms with Crippen LogP contribution in [-0.2, 0) is 7.05 Å². The summed E-state index contributed by atoms with van der Waals surface area (Å²) in [6.07, 6.45) is 6.58. The fourth-order valence-corrected chi connectivity index (χ4v) is 3.43. The fourth-order valence-electron chi connectivity index (χ4n) is 3.43. The Labute approximate surface area is 170 Å². The van der Waals surface area contributed by atoms with Crippen LogP contribution in [0, 0.1) is 24.1 Å². The summed E-state index contributed by atoms with van der Waals surface area (Å²) in [6, 6.07) is 19.2. The van der Waals surface area contributed by atoms with Crippen molar-refractivity contribution in [2.24, 2.45) is 7.05 Å². The molecule has 0 fully saturated rings. The lowest BCUT2D eigenvalue weighted by Crippen LogP contribution is -2.68. The topological polar surface area (TPSA) is 101 Å². The van der Waals surface area contributed by atoms with Crippen LogP contribution in [0.5, 0.6) is 0 Å². The van der Waals surface area contributed by atoms with Crippen LogP contribution in [0.4, 0.5) is 0 Å². The standard InChI is InChI=1S/C22H21N2.ClHO4/c1-16-17(2)24-15-7-6-10-22(24)20(16)14-13-19-12-11-18-8-4-5-9-21(18)23(19)3;2-1(3,4)5/h4-15H,1-3H3;(H,2,3,4,5)/q+1;/p-1. The average molecular weight is 413 g/mol. The van der Waals surface area contributed by atoms with Crippen molar-refractivity contribution in [2.45, 2.75) is 13.8 Å². The Morgan fingerprint density at radius 2 is 1.52 bits per heavy atom. The van der Waals surface area contributed by atoms with Gasteiger partial charge in [-0.25, -0.2) is 18.6 Å². The van der Waals surface area contributed by atoms with Crippen molar-refractivity contribution in [3.05, 3.63) is 83.3 Å². The van der Waals surface area contributed by atoms with Crippen molar-refractivity contribution < 1.29 is 33.4 Å². The first-order valence-electron chi connectivity index (χ1n) is 8.90. The Hall–Kier alpha value is -2.74. The van der Waals surface area contributed by atoms with Crippen LogP contribution in [0.25, 0.3) is 28.6 Å². The molecule has 150 valence electrons. The molecule has 0 bridgehead atoms. The van der Waals surface area contributed by atoms with E-state index in [0.29, 0.717) is 0 Å². The molecule has 4 rings (SSSR count). The van der Waals surface area contributed by atoms with Gasteiger partial charge in [0.2, 0.25) is 11.2 Å². The predicted molar refractivity (Wildman–Crippen MR) is 101 cm³/mol. The number of pyridine rings is 2. The minimum atomic E-state index is -4.94. The summed E-state index contributed by atoms with van der Waals surface area (Å²) >= 11 is 0. The smallest absolute Gasteiger partial charge is 0.212 e. The Morgan fingerprint density at radius 3 is 2.24 bits per heavy atom. The van der Waals surface area contributed by atoms with Gasteiger partial charge in [0.15, 0.2) is 0 Å². The first kappa shape index (κ1) is 21.0. The SMILES string of the molecule is Cc1c(C=Cc2ccc3ccccc3[n+]2C)c2ccccn2c1C.[O-][Cl+3]([O-])([O-])[O-]. The zero-order valence-electron chi connectivity index (χ0n) is 16.3. The highest BCUT2D eigenvalue weighted by Gasteiger charge is 2.11. The maximum atomic E-state index is 8.49. The number of aromatic nitrogens is 2. The van der Waals surface area contributed by atoms with E-state index < -0.39 is 10.2 Å². The molecule has 1 aromatic carbocycles. The summed E-state index contributed by atoms with van der Waals surface area (Å²) in [6.45, 7) is 4.37. The van der Waals surface area contributed by atoms with E-state index >= 15 is 0 Å². The first-order chi connectivity index (χ1) is 13.7. The fraction of sp³-hybridized carbons (Fsp3) is 0.136. The summed E-state index contributed by atoms with van der Waals surface area (Å²) in [4.78, 5) is 0. The van der Waals surface area contributed by atoms with E-state index in [1.54, 1.807) is 0 Å². The number of aryl methyl sites for hydroxylation is 2. The van der Waals surface area contributed by atoms with E-state index in [2.05, 4.69) is 103 Å². The molecule has 0 aliphatic rings. The van der Waals surface area contributed by atoms with Crippen LogP contribution in [0.2, 0.25) is 0 Å². The Bertz CT molecular complexity index is 1190. The molecular weight excluding hydrogens is 392 g/mol. The number of hydrogen-bond acceptors (Lipinski definition) is 4. The summed E-state index contributed by atoms with van der Waals surface area (Å²) in [5, 5.41) is 1.26. The Kier molecular flexibility index (Phi) is 6.02. The molecular formula is C22H21ClN2O4. The third-order valence-electron chi connectivity index (χ3n) is 4.98. The van der Waals surface area contributed by atoms with Gasteiger partial charge in [-0.2, -0.15) is 4.57 Å². The van der Waals surface area contributed by atoms with E-state index in [1.165, 1.54) is 38.9 Å². The van der Waals surface area contributed by atoms with Crippen LogP contribution in [0.1, 0.15) is 22.5 Å². The molecule has 0 aliphatic carbocycles. The quantitative estimate of drug-likeness (QED) is 0.431. The van der Waals surface area contributed by atoms with Gasteiger partial charge in [0.05, 0.1) is 5.52 Å². The predicted octanol–water partition coefficient (Wildman–Crippen LogP) is -0.0518. The van der Waals surface area contributed by atoms with Crippen molar-refractivity contribution in [2.75, 3.05) is 0 Å². The van der Waals surface area contributed by atoms with E-state index in [9.17, 15) is 0 Å². The average Bonchev–Trinajstić information content (AvgIpc) is 2.91. The van der Waals surface area contributed by atoms with Crippen molar-refractivity contribution in [1.82, 2.24) is 4.40 Å². The van der Waals surface area contributed by atoms with Crippen LogP contribution in [0.15, 0.2) is 60.8 Å². The number of halogens is 1. The summed E-state index contributed by atoms with van der Waals surface area (Å²) in [5.41, 5.74) is 7.62. The van der Waals surface area contributed by atoms with Crippen LogP contribution >= 0.6 is 0 Å². The lowest BCUT2D eigenvalue weighted by molar-refractivity contribution is -2.00. The highest BCUT2D eigenvalue weighted by Crippen LogP contribution is 2.24. The van der Waals surface area contributed by atoms with Gasteiger partial charge in [0, 0.05) is 41.0 Å². The molecule has 3 heterocycles. The number of hydrogen-bond donors (Lipinski definition) is 0. The maximum Gasteiger partial charge on any atom is 0.212 e. The van der Waals surface area contributed by atoms with Gasteiger partial charge in [-0.3, -0.25) is 0 Å². The monoisotopic (exact) mass is 412 g/mol. The second kappa shape index (κ2) is 8.32. The van der Waals surface area contributed by atoms with Crippen LogP contribution in [-0.4, -0.2) is 4.40 Å². The summed E-state index contributed by atoms with van der Waals surface area (Å²) in [7, 11) is -2.82. The molecule has 0 N–H and O–H groups in total. The molecule has 3 aromatic heterocycles. The third kappa shape index (κ3) is 4.82. The highest BCUT2D eigenvalue weighted by atomic mass is 35.7. The van der Waals surface area contributed by atoms with Crippen molar-refractivity contribution in [3.8, 4) is 0 Å². The lowest BCUT2D eigenvalue weighted by Gasteiger charge is -2.17. The van der Waals surface area contributed by atoms with Gasteiger partial charge in [-0.05, 0) is 49.8 Å². The number of fused-ring (bicyclic) bond motifs is 2. The van der Waals surface area contributed by atoms with E-state index in [0.717, 1.165) is 0 Å². The highest BCUT2D eigenvalue weighted by molar-refractivity contribution is 5.82. The van der Waals surface area contributed by atoms with E-state index in [4.69, 9.17) is 18.6 Å². The molecule has 0 saturated heterocycles. The molecule has 0 aliphatic heterocycles.